The van der Waals surface area contributed by atoms with Crippen molar-refractivity contribution in [2.45, 2.75) is 12.8 Å². The number of aryl methyl sites for hydroxylation is 1. The molecule has 0 aliphatic carbocycles. The monoisotopic (exact) mass is 268 g/mol. The number of nitrogens with zero attached hydrogens (tertiary/aromatic N) is 3. The Kier molecular flexibility index (Phi) is 3.69. The molecule has 102 valence electrons. The third-order valence-corrected chi connectivity index (χ3v) is 3.16. The lowest BCUT2D eigenvalue weighted by Gasteiger charge is -2.04. The quantitative estimate of drug-likeness (QED) is 0.720. The van der Waals surface area contributed by atoms with Gasteiger partial charge in [0.15, 0.2) is 12.0 Å². The van der Waals surface area contributed by atoms with Gasteiger partial charge in [-0.2, -0.15) is 0 Å². The van der Waals surface area contributed by atoms with Gasteiger partial charge in [-0.15, -0.1) is 0 Å². The van der Waals surface area contributed by atoms with Crippen LogP contribution in [0.15, 0.2) is 41.3 Å². The van der Waals surface area contributed by atoms with Gasteiger partial charge in [0.05, 0.1) is 5.69 Å². The number of aromatic nitrogens is 3. The smallest absolute Gasteiger partial charge is 0.181 e. The highest BCUT2D eigenvalue weighted by molar-refractivity contribution is 5.78. The van der Waals surface area contributed by atoms with E-state index in [1.807, 2.05) is 37.5 Å². The molecule has 2 heterocycles. The standard InChI is InChI=1S/C15H16N4O/c1-16-7-2-3-15-17-8-6-12(19-15)11-4-5-13-14(9-11)20-10-18-13/h4-6,8-10,16H,2-3,7H2,1H3. The van der Waals surface area contributed by atoms with Gasteiger partial charge in [0.2, 0.25) is 0 Å². The number of hydrogen-bond acceptors (Lipinski definition) is 5. The first-order valence-corrected chi connectivity index (χ1v) is 6.67. The molecule has 5 nitrogen and oxygen atoms in total. The van der Waals surface area contributed by atoms with Gasteiger partial charge in [-0.3, -0.25) is 0 Å². The third-order valence-electron chi connectivity index (χ3n) is 3.16. The van der Waals surface area contributed by atoms with Crippen molar-refractivity contribution in [3.05, 3.63) is 42.7 Å². The van der Waals surface area contributed by atoms with E-state index in [0.29, 0.717) is 0 Å². The number of benzene rings is 1. The predicted octanol–water partition coefficient (Wildman–Crippen LogP) is 2.44. The van der Waals surface area contributed by atoms with Crippen molar-refractivity contribution in [2.24, 2.45) is 0 Å². The van der Waals surface area contributed by atoms with Gasteiger partial charge in [0, 0.05) is 18.2 Å². The van der Waals surface area contributed by atoms with Crippen molar-refractivity contribution >= 4 is 11.1 Å². The molecule has 0 aliphatic rings. The van der Waals surface area contributed by atoms with Crippen LogP contribution in [0.5, 0.6) is 0 Å². The molecule has 0 amide bonds. The molecule has 3 rings (SSSR count). The maximum atomic E-state index is 5.33. The van der Waals surface area contributed by atoms with Gasteiger partial charge in [-0.05, 0) is 38.2 Å². The Morgan fingerprint density at radius 2 is 2.15 bits per heavy atom. The largest absolute Gasteiger partial charge is 0.443 e. The molecule has 0 fully saturated rings. The Labute approximate surface area is 117 Å². The molecule has 0 aliphatic heterocycles. The van der Waals surface area contributed by atoms with E-state index in [4.69, 9.17) is 4.42 Å². The second-order valence-electron chi connectivity index (χ2n) is 4.60. The fourth-order valence-corrected chi connectivity index (χ4v) is 2.12. The molecule has 3 aromatic rings. The summed E-state index contributed by atoms with van der Waals surface area (Å²) in [4.78, 5) is 13.0. The van der Waals surface area contributed by atoms with Gasteiger partial charge in [0.1, 0.15) is 11.3 Å². The maximum absolute atomic E-state index is 5.33. The van der Waals surface area contributed by atoms with E-state index in [1.54, 1.807) is 0 Å². The fourth-order valence-electron chi connectivity index (χ4n) is 2.12. The molecular formula is C15H16N4O. The van der Waals surface area contributed by atoms with Crippen LogP contribution in [0.25, 0.3) is 22.4 Å². The summed E-state index contributed by atoms with van der Waals surface area (Å²) >= 11 is 0. The van der Waals surface area contributed by atoms with Gasteiger partial charge in [0.25, 0.3) is 0 Å². The van der Waals surface area contributed by atoms with Crippen molar-refractivity contribution in [1.29, 1.82) is 0 Å². The second kappa shape index (κ2) is 5.79. The van der Waals surface area contributed by atoms with Crippen molar-refractivity contribution in [3.8, 4) is 11.3 Å². The minimum Gasteiger partial charge on any atom is -0.443 e. The van der Waals surface area contributed by atoms with E-state index in [9.17, 15) is 0 Å². The topological polar surface area (TPSA) is 63.8 Å². The lowest BCUT2D eigenvalue weighted by Crippen LogP contribution is -2.09. The molecule has 2 aromatic heterocycles. The summed E-state index contributed by atoms with van der Waals surface area (Å²) in [6.07, 6.45) is 5.17. The minimum atomic E-state index is 0.776. The molecule has 1 aromatic carbocycles. The summed E-state index contributed by atoms with van der Waals surface area (Å²) in [6, 6.07) is 7.82. The highest BCUT2D eigenvalue weighted by Gasteiger charge is 2.05. The Hall–Kier alpha value is -2.27. The number of hydrogen-bond donors (Lipinski definition) is 1. The summed E-state index contributed by atoms with van der Waals surface area (Å²) in [6.45, 7) is 0.970. The summed E-state index contributed by atoms with van der Waals surface area (Å²) in [5, 5.41) is 3.13. The molecule has 0 bridgehead atoms. The fraction of sp³-hybridized carbons (Fsp3) is 0.267. The van der Waals surface area contributed by atoms with Crippen LogP contribution >= 0.6 is 0 Å². The van der Waals surface area contributed by atoms with E-state index in [2.05, 4.69) is 20.3 Å². The Morgan fingerprint density at radius 3 is 3.05 bits per heavy atom. The summed E-state index contributed by atoms with van der Waals surface area (Å²) in [5.74, 6) is 0.871. The number of oxazole rings is 1. The molecule has 0 saturated heterocycles. The highest BCUT2D eigenvalue weighted by atomic mass is 16.3. The van der Waals surface area contributed by atoms with Crippen LogP contribution in [0.2, 0.25) is 0 Å². The third kappa shape index (κ3) is 2.67. The molecule has 0 saturated carbocycles. The van der Waals surface area contributed by atoms with E-state index >= 15 is 0 Å². The van der Waals surface area contributed by atoms with Gasteiger partial charge in [-0.25, -0.2) is 15.0 Å². The highest BCUT2D eigenvalue weighted by Crippen LogP contribution is 2.22. The van der Waals surface area contributed by atoms with Crippen molar-refractivity contribution in [1.82, 2.24) is 20.3 Å². The SMILES string of the molecule is CNCCCc1nccc(-c2ccc3ncoc3c2)n1. The Bertz CT molecular complexity index is 708. The normalized spacial score (nSPS) is 11.1. The summed E-state index contributed by atoms with van der Waals surface area (Å²) < 4.78 is 5.33. The first kappa shape index (κ1) is 12.7. The molecule has 20 heavy (non-hydrogen) atoms. The first-order chi connectivity index (χ1) is 9.86. The lowest BCUT2D eigenvalue weighted by atomic mass is 10.1. The predicted molar refractivity (Wildman–Crippen MR) is 77.3 cm³/mol. The number of nitrogens with one attached hydrogen (secondary N) is 1. The Morgan fingerprint density at radius 1 is 1.20 bits per heavy atom. The van der Waals surface area contributed by atoms with Crippen LogP contribution in [-0.4, -0.2) is 28.5 Å². The zero-order valence-corrected chi connectivity index (χ0v) is 11.3. The van der Waals surface area contributed by atoms with Crippen LogP contribution in [-0.2, 0) is 6.42 Å². The molecule has 0 radical (unpaired) electrons. The average Bonchev–Trinajstić information content (AvgIpc) is 2.95. The van der Waals surface area contributed by atoms with Crippen LogP contribution < -0.4 is 5.32 Å². The minimum absolute atomic E-state index is 0.776. The van der Waals surface area contributed by atoms with E-state index in [-0.39, 0.29) is 0 Å². The van der Waals surface area contributed by atoms with Crippen LogP contribution in [0.1, 0.15) is 12.2 Å². The number of fused-ring (bicyclic) bond motifs is 1. The Balaban J connectivity index is 1.86. The second-order valence-corrected chi connectivity index (χ2v) is 4.60. The van der Waals surface area contributed by atoms with Gasteiger partial charge < -0.3 is 9.73 Å². The zero-order valence-electron chi connectivity index (χ0n) is 11.3. The van der Waals surface area contributed by atoms with E-state index in [0.717, 1.165) is 47.6 Å². The number of rotatable bonds is 5. The molecule has 5 heteroatoms. The van der Waals surface area contributed by atoms with Crippen molar-refractivity contribution in [2.75, 3.05) is 13.6 Å². The molecular weight excluding hydrogens is 252 g/mol. The van der Waals surface area contributed by atoms with Gasteiger partial charge in [-0.1, -0.05) is 6.07 Å². The van der Waals surface area contributed by atoms with Crippen LogP contribution in [0.4, 0.5) is 0 Å². The molecule has 0 spiro atoms. The molecule has 0 atom stereocenters. The van der Waals surface area contributed by atoms with Crippen molar-refractivity contribution < 1.29 is 4.42 Å². The lowest BCUT2D eigenvalue weighted by molar-refractivity contribution is 0.602. The van der Waals surface area contributed by atoms with E-state index < -0.39 is 0 Å². The van der Waals surface area contributed by atoms with Crippen LogP contribution in [0, 0.1) is 0 Å². The maximum Gasteiger partial charge on any atom is 0.181 e. The van der Waals surface area contributed by atoms with E-state index in [1.165, 1.54) is 6.39 Å². The zero-order chi connectivity index (χ0) is 13.8. The average molecular weight is 268 g/mol. The van der Waals surface area contributed by atoms with Gasteiger partial charge >= 0.3 is 0 Å². The summed E-state index contributed by atoms with van der Waals surface area (Å²) in [5.41, 5.74) is 3.57. The molecule has 1 N–H and O–H groups in total. The first-order valence-electron chi connectivity index (χ1n) is 6.67. The molecule has 0 unspecified atom stereocenters. The summed E-state index contributed by atoms with van der Waals surface area (Å²) in [7, 11) is 1.95. The van der Waals surface area contributed by atoms with Crippen LogP contribution in [0.3, 0.4) is 0 Å². The van der Waals surface area contributed by atoms with Crippen molar-refractivity contribution in [3.63, 3.8) is 0 Å².